The van der Waals surface area contributed by atoms with E-state index in [-0.39, 0.29) is 29.8 Å². The first-order valence-electron chi connectivity index (χ1n) is 15.6. The molecule has 46 heavy (non-hydrogen) atoms. The molecule has 2 aliphatic carbocycles. The van der Waals surface area contributed by atoms with E-state index in [0.29, 0.717) is 16.1 Å². The highest BCUT2D eigenvalue weighted by molar-refractivity contribution is 9.10. The van der Waals surface area contributed by atoms with Crippen molar-refractivity contribution in [1.82, 2.24) is 19.7 Å². The third kappa shape index (κ3) is 5.71. The van der Waals surface area contributed by atoms with Crippen molar-refractivity contribution in [2.24, 2.45) is 13.0 Å². The maximum absolute atomic E-state index is 14.6. The van der Waals surface area contributed by atoms with E-state index in [2.05, 4.69) is 33.1 Å². The summed E-state index contributed by atoms with van der Waals surface area (Å²) < 4.78 is 52.1. The van der Waals surface area contributed by atoms with Gasteiger partial charge in [-0.1, -0.05) is 22.9 Å². The van der Waals surface area contributed by atoms with Crippen molar-refractivity contribution in [2.45, 2.75) is 103 Å². The van der Waals surface area contributed by atoms with Crippen LogP contribution in [0.4, 0.5) is 23.7 Å². The summed E-state index contributed by atoms with van der Waals surface area (Å²) in [7, 11) is 1.89. The zero-order chi connectivity index (χ0) is 33.4. The maximum Gasteiger partial charge on any atom is 0.416 e. The lowest BCUT2D eigenvalue weighted by Crippen LogP contribution is -2.54. The fourth-order valence-corrected chi connectivity index (χ4v) is 7.84. The van der Waals surface area contributed by atoms with Gasteiger partial charge in [-0.25, -0.2) is 4.79 Å². The number of anilines is 1. The first kappa shape index (κ1) is 32.5. The standard InChI is InChI=1S/C34H39BrF3N5O3/c1-20-15-33(16-20,29-40-39-19-41(29)6)22-12-23(35)14-24(13-22)42-18-26-25(28(42)44)10-21(11-27(26)34(36,37)38)17-43(32(5)8-7-9-32)30(45)46-31(2,3)4/h10-14,19-20H,7-9,15-18H2,1-6H3. The molecule has 3 aromatic rings. The molecule has 0 N–H and O–H groups in total. The second-order valence-electron chi connectivity index (χ2n) is 14.5. The van der Waals surface area contributed by atoms with Gasteiger partial charge < -0.3 is 14.2 Å². The summed E-state index contributed by atoms with van der Waals surface area (Å²) in [5.74, 6) is 0.746. The first-order valence-corrected chi connectivity index (χ1v) is 16.4. The molecular weight excluding hydrogens is 663 g/mol. The SMILES string of the molecule is CC1CC(c2cc(Br)cc(N3Cc4c(cc(CN(C(=O)OC(C)(C)C)C5(C)CCC5)cc4C(F)(F)F)C3=O)c2)(c2nncn2C)C1. The van der Waals surface area contributed by atoms with E-state index in [1.807, 2.05) is 30.7 Å². The number of hydrogen-bond acceptors (Lipinski definition) is 5. The molecule has 2 fully saturated rings. The van der Waals surface area contributed by atoms with E-state index in [4.69, 9.17) is 4.74 Å². The Balaban J connectivity index is 1.38. The van der Waals surface area contributed by atoms with Crippen molar-refractivity contribution >= 4 is 33.6 Å². The number of fused-ring (bicyclic) bond motifs is 1. The highest BCUT2D eigenvalue weighted by Gasteiger charge is 2.49. The molecule has 0 unspecified atom stereocenters. The van der Waals surface area contributed by atoms with Crippen LogP contribution in [0.25, 0.3) is 0 Å². The molecule has 0 spiro atoms. The van der Waals surface area contributed by atoms with Gasteiger partial charge in [0, 0.05) is 34.9 Å². The van der Waals surface area contributed by atoms with Crippen LogP contribution >= 0.6 is 15.9 Å². The molecule has 246 valence electrons. The lowest BCUT2D eigenvalue weighted by atomic mass is 9.58. The van der Waals surface area contributed by atoms with Crippen LogP contribution in [-0.4, -0.2) is 42.8 Å². The van der Waals surface area contributed by atoms with Gasteiger partial charge in [0.2, 0.25) is 0 Å². The Kier molecular flexibility index (Phi) is 7.84. The molecule has 12 heteroatoms. The Morgan fingerprint density at radius 2 is 1.83 bits per heavy atom. The number of carbonyl (C=O) groups excluding carboxylic acids is 2. The Bertz CT molecular complexity index is 1700. The molecular formula is C34H39BrF3N5O3. The molecule has 0 bridgehead atoms. The predicted octanol–water partition coefficient (Wildman–Crippen LogP) is 8.15. The van der Waals surface area contributed by atoms with E-state index in [9.17, 15) is 22.8 Å². The summed E-state index contributed by atoms with van der Waals surface area (Å²) in [6.45, 7) is 9.03. The molecule has 6 rings (SSSR count). The highest BCUT2D eigenvalue weighted by Crippen LogP contribution is 2.53. The second kappa shape index (κ2) is 11.1. The van der Waals surface area contributed by atoms with Gasteiger partial charge >= 0.3 is 12.3 Å². The minimum atomic E-state index is -4.70. The molecule has 2 aromatic carbocycles. The summed E-state index contributed by atoms with van der Waals surface area (Å²) in [5.41, 5.74) is -1.01. The van der Waals surface area contributed by atoms with Crippen LogP contribution < -0.4 is 4.90 Å². The number of aromatic nitrogens is 3. The number of hydrogen-bond donors (Lipinski definition) is 0. The summed E-state index contributed by atoms with van der Waals surface area (Å²) in [6, 6.07) is 8.24. The average molecular weight is 703 g/mol. The monoisotopic (exact) mass is 701 g/mol. The van der Waals surface area contributed by atoms with E-state index >= 15 is 0 Å². The number of benzene rings is 2. The van der Waals surface area contributed by atoms with E-state index in [1.165, 1.54) is 15.9 Å². The molecule has 2 saturated carbocycles. The van der Waals surface area contributed by atoms with Crippen LogP contribution in [0.1, 0.15) is 105 Å². The zero-order valence-corrected chi connectivity index (χ0v) is 28.5. The Labute approximate surface area is 275 Å². The van der Waals surface area contributed by atoms with Crippen LogP contribution in [0.2, 0.25) is 0 Å². The fraction of sp³-hybridized carbons (Fsp3) is 0.529. The number of rotatable bonds is 6. The predicted molar refractivity (Wildman–Crippen MR) is 170 cm³/mol. The smallest absolute Gasteiger partial charge is 0.416 e. The summed E-state index contributed by atoms with van der Waals surface area (Å²) in [4.78, 5) is 30.2. The van der Waals surface area contributed by atoms with Crippen LogP contribution in [0.5, 0.6) is 0 Å². The van der Waals surface area contributed by atoms with Crippen molar-refractivity contribution in [2.75, 3.05) is 4.90 Å². The van der Waals surface area contributed by atoms with Gasteiger partial charge in [-0.3, -0.25) is 9.69 Å². The Morgan fingerprint density at radius 3 is 2.37 bits per heavy atom. The Morgan fingerprint density at radius 1 is 1.13 bits per heavy atom. The molecule has 3 aliphatic rings. The number of halogens is 4. The normalized spacial score (nSPS) is 22.3. The van der Waals surface area contributed by atoms with Crippen LogP contribution in [-0.2, 0) is 36.5 Å². The second-order valence-corrected chi connectivity index (χ2v) is 15.5. The van der Waals surface area contributed by atoms with E-state index in [1.54, 1.807) is 33.2 Å². The molecule has 2 heterocycles. The summed E-state index contributed by atoms with van der Waals surface area (Å²) in [6.07, 6.45) is 0.383. The minimum absolute atomic E-state index is 0.00506. The van der Waals surface area contributed by atoms with Gasteiger partial charge in [-0.05, 0) is 113 Å². The van der Waals surface area contributed by atoms with Crippen molar-refractivity contribution < 1.29 is 27.5 Å². The van der Waals surface area contributed by atoms with Gasteiger partial charge in [0.1, 0.15) is 17.8 Å². The molecule has 1 aromatic heterocycles. The highest BCUT2D eigenvalue weighted by atomic mass is 79.9. The molecule has 8 nitrogen and oxygen atoms in total. The lowest BCUT2D eigenvalue weighted by Gasteiger charge is -2.47. The van der Waals surface area contributed by atoms with E-state index in [0.717, 1.165) is 49.6 Å². The molecule has 1 aliphatic heterocycles. The van der Waals surface area contributed by atoms with Gasteiger partial charge in [0.15, 0.2) is 0 Å². The largest absolute Gasteiger partial charge is 0.444 e. The van der Waals surface area contributed by atoms with Crippen LogP contribution in [0.3, 0.4) is 0 Å². The molecule has 0 saturated heterocycles. The van der Waals surface area contributed by atoms with Gasteiger partial charge in [-0.2, -0.15) is 13.2 Å². The quantitative estimate of drug-likeness (QED) is 0.259. The first-order chi connectivity index (χ1) is 21.4. The summed E-state index contributed by atoms with van der Waals surface area (Å²) in [5, 5.41) is 8.50. The van der Waals surface area contributed by atoms with Gasteiger partial charge in [0.25, 0.3) is 5.91 Å². The minimum Gasteiger partial charge on any atom is -0.444 e. The van der Waals surface area contributed by atoms with Crippen LogP contribution in [0.15, 0.2) is 41.1 Å². The number of nitrogens with zero attached hydrogens (tertiary/aromatic N) is 5. The number of alkyl halides is 3. The Hall–Kier alpha value is -3.41. The molecule has 2 amide bonds. The van der Waals surface area contributed by atoms with E-state index < -0.39 is 40.3 Å². The fourth-order valence-electron chi connectivity index (χ4n) is 7.35. The third-order valence-electron chi connectivity index (χ3n) is 9.72. The summed E-state index contributed by atoms with van der Waals surface area (Å²) >= 11 is 3.60. The van der Waals surface area contributed by atoms with Crippen molar-refractivity contribution in [3.05, 3.63) is 74.8 Å². The number of ether oxygens (including phenoxy) is 1. The lowest BCUT2D eigenvalue weighted by molar-refractivity contribution is -0.138. The number of aryl methyl sites for hydroxylation is 1. The van der Waals surface area contributed by atoms with Crippen LogP contribution in [0, 0.1) is 5.92 Å². The van der Waals surface area contributed by atoms with Gasteiger partial charge in [-0.15, -0.1) is 10.2 Å². The number of amides is 2. The average Bonchev–Trinajstić information content (AvgIpc) is 3.49. The topological polar surface area (TPSA) is 80.6 Å². The molecule has 0 atom stereocenters. The van der Waals surface area contributed by atoms with Gasteiger partial charge in [0.05, 0.1) is 17.5 Å². The maximum atomic E-state index is 14.6. The number of carbonyl (C=O) groups is 2. The van der Waals surface area contributed by atoms with Crippen molar-refractivity contribution in [3.63, 3.8) is 0 Å². The zero-order valence-electron chi connectivity index (χ0n) is 27.0. The van der Waals surface area contributed by atoms with Crippen molar-refractivity contribution in [1.29, 1.82) is 0 Å². The third-order valence-corrected chi connectivity index (χ3v) is 10.2. The van der Waals surface area contributed by atoms with Crippen molar-refractivity contribution in [3.8, 4) is 0 Å². The molecule has 0 radical (unpaired) electrons.